The largest absolute Gasteiger partial charge is 0.480 e. The van der Waals surface area contributed by atoms with Crippen LogP contribution >= 0.6 is 0 Å². The maximum atomic E-state index is 11.6. The van der Waals surface area contributed by atoms with E-state index in [9.17, 15) is 9.59 Å². The fraction of sp³-hybridized carbons (Fsp3) is 0.786. The normalized spacial score (nSPS) is 10.2. The average Bonchev–Trinajstić information content (AvgIpc) is 2.41. The number of rotatable bonds is 11. The van der Waals surface area contributed by atoms with Crippen LogP contribution < -0.4 is 5.32 Å². The molecule has 1 amide bonds. The van der Waals surface area contributed by atoms with Crippen LogP contribution in [0.4, 0.5) is 0 Å². The number of likely N-dealkylation sites (N-methyl/N-ethyl adjacent to an activating group) is 1. The van der Waals surface area contributed by atoms with Gasteiger partial charge in [-0.2, -0.15) is 0 Å². The third-order valence-electron chi connectivity index (χ3n) is 3.07. The molecule has 0 aliphatic carbocycles. The van der Waals surface area contributed by atoms with Crippen LogP contribution in [0.3, 0.4) is 0 Å². The molecule has 0 radical (unpaired) electrons. The van der Waals surface area contributed by atoms with Gasteiger partial charge in [-0.1, -0.05) is 32.1 Å². The van der Waals surface area contributed by atoms with E-state index in [2.05, 4.69) is 5.32 Å². The minimum Gasteiger partial charge on any atom is -0.480 e. The molecule has 21 heavy (non-hydrogen) atoms. The first kappa shape index (κ1) is 19.4. The third kappa shape index (κ3) is 11.9. The van der Waals surface area contributed by atoms with Gasteiger partial charge in [0.15, 0.2) is 5.96 Å². The monoisotopic (exact) mass is 301 g/mol. The van der Waals surface area contributed by atoms with E-state index < -0.39 is 5.97 Å². The molecule has 4 N–H and O–H groups in total. The summed E-state index contributed by atoms with van der Waals surface area (Å²) < 4.78 is 0. The first-order valence-corrected chi connectivity index (χ1v) is 7.39. The number of aliphatic hydroxyl groups excluding tert-OH is 1. The molecule has 0 aromatic carbocycles. The second-order valence-electron chi connectivity index (χ2n) is 5.10. The minimum atomic E-state index is -1.04. The summed E-state index contributed by atoms with van der Waals surface area (Å²) >= 11 is 0. The molecular weight excluding hydrogens is 274 g/mol. The molecule has 0 rings (SSSR count). The smallest absolute Gasteiger partial charge is 0.323 e. The number of hydrogen-bond acceptors (Lipinski definition) is 4. The van der Waals surface area contributed by atoms with Crippen molar-refractivity contribution in [3.05, 3.63) is 0 Å². The quantitative estimate of drug-likeness (QED) is 0.260. The van der Waals surface area contributed by atoms with Gasteiger partial charge >= 0.3 is 5.97 Å². The Balaban J connectivity index is 3.58. The summed E-state index contributed by atoms with van der Waals surface area (Å²) in [5, 5.41) is 27.1. The Morgan fingerprint density at radius 2 is 1.57 bits per heavy atom. The van der Waals surface area contributed by atoms with Crippen molar-refractivity contribution in [1.29, 1.82) is 5.41 Å². The number of unbranched alkanes of at least 4 members (excludes halogenated alkanes) is 6. The number of amides is 1. The van der Waals surface area contributed by atoms with Crippen LogP contribution in [-0.2, 0) is 9.59 Å². The molecule has 0 saturated carbocycles. The number of carbonyl (C=O) groups excluding carboxylic acids is 1. The van der Waals surface area contributed by atoms with Gasteiger partial charge in [0.2, 0.25) is 5.91 Å². The predicted octanol–water partition coefficient (Wildman–Crippen LogP) is 1.17. The van der Waals surface area contributed by atoms with Crippen LogP contribution in [-0.4, -0.2) is 53.1 Å². The van der Waals surface area contributed by atoms with Gasteiger partial charge < -0.3 is 15.1 Å². The summed E-state index contributed by atoms with van der Waals surface area (Å²) in [7, 11) is 1.45. The van der Waals surface area contributed by atoms with Gasteiger partial charge in [-0.15, -0.1) is 0 Å². The van der Waals surface area contributed by atoms with Crippen LogP contribution in [0.5, 0.6) is 0 Å². The number of carboxylic acid groups (broad SMARTS) is 1. The summed E-state index contributed by atoms with van der Waals surface area (Å²) in [6.07, 6.45) is 7.26. The van der Waals surface area contributed by atoms with E-state index in [0.29, 0.717) is 6.42 Å². The number of hydrogen-bond donors (Lipinski definition) is 4. The van der Waals surface area contributed by atoms with E-state index in [0.717, 1.165) is 44.9 Å². The molecule has 0 unspecified atom stereocenters. The van der Waals surface area contributed by atoms with Crippen LogP contribution in [0.2, 0.25) is 0 Å². The fourth-order valence-electron chi connectivity index (χ4n) is 1.85. The van der Waals surface area contributed by atoms with Gasteiger partial charge in [0.05, 0.1) is 0 Å². The Bertz CT molecular complexity index is 334. The van der Waals surface area contributed by atoms with Gasteiger partial charge in [0.1, 0.15) is 6.54 Å². The van der Waals surface area contributed by atoms with Gasteiger partial charge in [-0.3, -0.25) is 20.3 Å². The SMILES string of the molecule is CN(CC(=O)O)C(=N)NC(=O)CCCCCCCCCO. The molecule has 0 aliphatic rings. The minimum absolute atomic E-state index is 0.189. The fourth-order valence-corrected chi connectivity index (χ4v) is 1.85. The standard InChI is InChI=1S/C14H27N3O4/c1-17(11-13(20)21)14(15)16-12(19)9-7-5-3-2-4-6-8-10-18/h18H,2-11H2,1H3,(H,20,21)(H2,15,16,19). The number of aliphatic hydroxyl groups is 1. The van der Waals surface area contributed by atoms with Crippen molar-refractivity contribution in [2.24, 2.45) is 0 Å². The number of nitrogens with zero attached hydrogens (tertiary/aromatic N) is 1. The maximum absolute atomic E-state index is 11.6. The molecule has 0 spiro atoms. The lowest BCUT2D eigenvalue weighted by Crippen LogP contribution is -2.43. The lowest BCUT2D eigenvalue weighted by molar-refractivity contribution is -0.137. The number of guanidine groups is 1. The molecule has 7 nitrogen and oxygen atoms in total. The zero-order valence-electron chi connectivity index (χ0n) is 12.7. The van der Waals surface area contributed by atoms with E-state index in [1.165, 1.54) is 11.9 Å². The number of nitrogens with one attached hydrogen (secondary N) is 2. The summed E-state index contributed by atoms with van der Waals surface area (Å²) in [5.74, 6) is -1.48. The molecule has 0 aliphatic heterocycles. The van der Waals surface area contributed by atoms with Gasteiger partial charge in [-0.05, 0) is 12.8 Å². The molecule has 122 valence electrons. The molecule has 0 fully saturated rings. The number of carbonyl (C=O) groups is 2. The van der Waals surface area contributed by atoms with Gasteiger partial charge in [-0.25, -0.2) is 0 Å². The molecule has 0 aromatic heterocycles. The molecule has 0 aromatic rings. The first-order chi connectivity index (χ1) is 9.97. The van der Waals surface area contributed by atoms with Crippen molar-refractivity contribution in [3.8, 4) is 0 Å². The Hall–Kier alpha value is -1.63. The lowest BCUT2D eigenvalue weighted by atomic mass is 10.1. The second kappa shape index (κ2) is 12.1. The van der Waals surface area contributed by atoms with Crippen molar-refractivity contribution in [1.82, 2.24) is 10.2 Å². The zero-order chi connectivity index (χ0) is 16.1. The van der Waals surface area contributed by atoms with Gasteiger partial charge in [0.25, 0.3) is 0 Å². The zero-order valence-corrected chi connectivity index (χ0v) is 12.7. The van der Waals surface area contributed by atoms with E-state index in [1.54, 1.807) is 0 Å². The molecule has 7 heteroatoms. The van der Waals surface area contributed by atoms with Crippen LogP contribution in [0.15, 0.2) is 0 Å². The van der Waals surface area contributed by atoms with Crippen molar-refractivity contribution < 1.29 is 19.8 Å². The highest BCUT2D eigenvalue weighted by Crippen LogP contribution is 2.08. The van der Waals surface area contributed by atoms with E-state index in [4.69, 9.17) is 15.6 Å². The first-order valence-electron chi connectivity index (χ1n) is 7.39. The molecule has 0 bridgehead atoms. The Labute approximate surface area is 125 Å². The predicted molar refractivity (Wildman–Crippen MR) is 80.2 cm³/mol. The van der Waals surface area contributed by atoms with Crippen molar-refractivity contribution >= 4 is 17.8 Å². The van der Waals surface area contributed by atoms with E-state index in [-0.39, 0.29) is 25.0 Å². The van der Waals surface area contributed by atoms with Crippen LogP contribution in [0, 0.1) is 5.41 Å². The summed E-state index contributed by atoms with van der Waals surface area (Å²) in [6, 6.07) is 0. The van der Waals surface area contributed by atoms with Crippen molar-refractivity contribution in [2.45, 2.75) is 51.4 Å². The highest BCUT2D eigenvalue weighted by atomic mass is 16.4. The molecule has 0 atom stereocenters. The second-order valence-corrected chi connectivity index (χ2v) is 5.10. The van der Waals surface area contributed by atoms with Crippen molar-refractivity contribution in [2.75, 3.05) is 20.2 Å². The van der Waals surface area contributed by atoms with E-state index >= 15 is 0 Å². The molecule has 0 heterocycles. The average molecular weight is 301 g/mol. The summed E-state index contributed by atoms with van der Waals surface area (Å²) in [4.78, 5) is 23.2. The highest BCUT2D eigenvalue weighted by Gasteiger charge is 2.11. The maximum Gasteiger partial charge on any atom is 0.323 e. The van der Waals surface area contributed by atoms with Crippen LogP contribution in [0.1, 0.15) is 51.4 Å². The Kier molecular flexibility index (Phi) is 11.2. The van der Waals surface area contributed by atoms with Crippen LogP contribution in [0.25, 0.3) is 0 Å². The topological polar surface area (TPSA) is 114 Å². The highest BCUT2D eigenvalue weighted by molar-refractivity contribution is 5.96. The molecular formula is C14H27N3O4. The summed E-state index contributed by atoms with van der Waals surface area (Å²) in [5.41, 5.74) is 0. The van der Waals surface area contributed by atoms with Crippen molar-refractivity contribution in [3.63, 3.8) is 0 Å². The van der Waals surface area contributed by atoms with Gasteiger partial charge in [0, 0.05) is 20.1 Å². The summed E-state index contributed by atoms with van der Waals surface area (Å²) in [6.45, 7) is -0.0601. The number of carboxylic acids is 1. The molecule has 0 saturated heterocycles. The number of aliphatic carboxylic acids is 1. The Morgan fingerprint density at radius 3 is 2.10 bits per heavy atom. The lowest BCUT2D eigenvalue weighted by Gasteiger charge is -2.17. The Morgan fingerprint density at radius 1 is 1.05 bits per heavy atom. The third-order valence-corrected chi connectivity index (χ3v) is 3.07. The van der Waals surface area contributed by atoms with E-state index in [1.807, 2.05) is 0 Å².